The summed E-state index contributed by atoms with van der Waals surface area (Å²) in [6.45, 7) is 16.0. The number of alkyl halides is 1. The van der Waals surface area contributed by atoms with Gasteiger partial charge >= 0.3 is 47.5 Å². The van der Waals surface area contributed by atoms with Crippen molar-refractivity contribution in [1.82, 2.24) is 0 Å². The predicted octanol–water partition coefficient (Wildman–Crippen LogP) is 2.02. The molecule has 12 nitrogen and oxygen atoms in total. The summed E-state index contributed by atoms with van der Waals surface area (Å²) in [4.78, 5) is 53.8. The van der Waals surface area contributed by atoms with Crippen LogP contribution in [0.4, 0.5) is 0 Å². The molecule has 0 bridgehead atoms. The number of rotatable bonds is 12. The van der Waals surface area contributed by atoms with Gasteiger partial charge in [-0.15, -0.1) is 0 Å². The third kappa shape index (κ3) is 33.4. The number of ether oxygens (including phenoxy) is 5. The number of carbonyl (C=O) groups is 5. The summed E-state index contributed by atoms with van der Waals surface area (Å²) in [5.74, 6) is -3.82. The zero-order chi connectivity index (χ0) is 35.5. The van der Waals surface area contributed by atoms with Crippen molar-refractivity contribution in [3.8, 4) is 0 Å². The maximum absolute atomic E-state index is 11.6. The molecule has 2 N–H and O–H groups in total. The van der Waals surface area contributed by atoms with Crippen molar-refractivity contribution < 1.29 is 88.9 Å². The van der Waals surface area contributed by atoms with Crippen molar-refractivity contribution in [3.05, 3.63) is 33.2 Å². The first-order chi connectivity index (χ1) is 20.3. The van der Waals surface area contributed by atoms with Gasteiger partial charge in [0.25, 0.3) is 0 Å². The van der Waals surface area contributed by atoms with Crippen LogP contribution >= 0.6 is 63.7 Å². The Morgan fingerprint density at radius 1 is 0.822 bits per heavy atom. The van der Waals surface area contributed by atoms with E-state index in [1.54, 1.807) is 6.92 Å². The molecule has 1 aliphatic heterocycles. The molecule has 1 saturated heterocycles. The first-order valence-corrected chi connectivity index (χ1v) is 16.1. The molecular formula is C28H45Br4NaO12. The minimum atomic E-state index is -0.899. The third-order valence-corrected chi connectivity index (χ3v) is 7.03. The molecule has 1 rings (SSSR count). The third-order valence-electron chi connectivity index (χ3n) is 4.67. The van der Waals surface area contributed by atoms with Gasteiger partial charge in [-0.2, -0.15) is 0 Å². The number of carbonyl (C=O) groups excluding carboxylic acids is 5. The summed E-state index contributed by atoms with van der Waals surface area (Å²) in [7, 11) is 3.87. The summed E-state index contributed by atoms with van der Waals surface area (Å²) >= 11 is 12.6. The predicted molar refractivity (Wildman–Crippen MR) is 182 cm³/mol. The quantitative estimate of drug-likeness (QED) is 0.0962. The molecule has 0 saturated carbocycles. The van der Waals surface area contributed by atoms with Crippen LogP contribution in [0.5, 0.6) is 0 Å². The Morgan fingerprint density at radius 3 is 1.44 bits per heavy atom. The van der Waals surface area contributed by atoms with Crippen LogP contribution in [0.15, 0.2) is 33.2 Å². The maximum atomic E-state index is 11.6. The second-order valence-corrected chi connectivity index (χ2v) is 12.4. The number of methoxy groups -OCH3 is 3. The van der Waals surface area contributed by atoms with E-state index in [1.165, 1.54) is 35.2 Å². The monoisotopic (exact) mass is 912 g/mol. The van der Waals surface area contributed by atoms with Crippen molar-refractivity contribution in [2.24, 2.45) is 11.8 Å². The number of allylic oxidation sites excluding steroid dienone is 3. The molecule has 1 heterocycles. The molecule has 0 aromatic heterocycles. The molecule has 2 unspecified atom stereocenters. The Bertz CT molecular complexity index is 930. The minimum absolute atomic E-state index is 0. The molecule has 2 atom stereocenters. The molecule has 0 spiro atoms. The van der Waals surface area contributed by atoms with E-state index in [2.05, 4.69) is 92.9 Å². The molecule has 1 aliphatic rings. The fourth-order valence-electron chi connectivity index (χ4n) is 2.61. The summed E-state index contributed by atoms with van der Waals surface area (Å²) in [6, 6.07) is 0. The number of hydrogen-bond donors (Lipinski definition) is 2. The Kier molecular flexibility index (Phi) is 40.5. The molecular weight excluding hydrogens is 871 g/mol. The van der Waals surface area contributed by atoms with E-state index < -0.39 is 29.6 Å². The first kappa shape index (κ1) is 54.2. The van der Waals surface area contributed by atoms with E-state index in [0.29, 0.717) is 30.5 Å². The van der Waals surface area contributed by atoms with Crippen LogP contribution in [0.25, 0.3) is 0 Å². The van der Waals surface area contributed by atoms with Crippen molar-refractivity contribution in [1.29, 1.82) is 0 Å². The van der Waals surface area contributed by atoms with Crippen molar-refractivity contribution in [2.75, 3.05) is 53.1 Å². The first-order valence-electron chi connectivity index (χ1n) is 12.6. The van der Waals surface area contributed by atoms with Crippen LogP contribution in [0.3, 0.4) is 0 Å². The molecule has 0 amide bonds. The van der Waals surface area contributed by atoms with Gasteiger partial charge in [-0.05, 0) is 47.1 Å². The summed E-state index contributed by atoms with van der Waals surface area (Å²) in [5, 5.41) is 16.1. The molecule has 1 fully saturated rings. The van der Waals surface area contributed by atoms with E-state index >= 15 is 0 Å². The van der Waals surface area contributed by atoms with Gasteiger partial charge in [0.15, 0.2) is 5.79 Å². The molecule has 0 aliphatic carbocycles. The van der Waals surface area contributed by atoms with Crippen LogP contribution in [0, 0.1) is 11.8 Å². The number of esters is 3. The van der Waals surface area contributed by atoms with Gasteiger partial charge in [0.1, 0.15) is 29.8 Å². The van der Waals surface area contributed by atoms with Crippen molar-refractivity contribution >= 4 is 93.2 Å². The van der Waals surface area contributed by atoms with Crippen molar-refractivity contribution in [3.63, 3.8) is 0 Å². The van der Waals surface area contributed by atoms with Gasteiger partial charge < -0.3 is 35.3 Å². The fourth-order valence-corrected chi connectivity index (χ4v) is 3.26. The Balaban J connectivity index is -0.000000116. The average Bonchev–Trinajstić information content (AvgIpc) is 3.41. The Labute approximate surface area is 323 Å². The van der Waals surface area contributed by atoms with Crippen LogP contribution in [-0.2, 0) is 47.7 Å². The molecule has 0 aromatic rings. The number of aliphatic hydroxyl groups is 2. The Hall–Kier alpha value is -0.270. The van der Waals surface area contributed by atoms with E-state index in [-0.39, 0.29) is 68.2 Å². The van der Waals surface area contributed by atoms with Crippen LogP contribution in [-0.4, -0.2) is 98.6 Å². The topological polar surface area (TPSA) is 172 Å². The van der Waals surface area contributed by atoms with E-state index in [1.807, 2.05) is 0 Å². The molecule has 258 valence electrons. The molecule has 17 heteroatoms. The zero-order valence-electron chi connectivity index (χ0n) is 27.9. The fraction of sp³-hybridized carbons (Fsp3) is 0.607. The number of hydrogen-bond acceptors (Lipinski definition) is 12. The molecule has 0 radical (unpaired) electrons. The van der Waals surface area contributed by atoms with Gasteiger partial charge in [0, 0.05) is 5.33 Å². The van der Waals surface area contributed by atoms with Gasteiger partial charge in [0.05, 0.1) is 47.8 Å². The maximum Gasteiger partial charge on any atom is 1.00 e. The number of halogens is 4. The summed E-state index contributed by atoms with van der Waals surface area (Å²) in [5.41, 5.74) is 0. The number of ketones is 2. The normalized spacial score (nSPS) is 13.2. The zero-order valence-corrected chi connectivity index (χ0v) is 35.3. The van der Waals surface area contributed by atoms with E-state index in [4.69, 9.17) is 24.4 Å². The average molecular weight is 916 g/mol. The number of Topliss-reactive ketones (excluding diaryl/α,β-unsaturated/α-hetero) is 2. The van der Waals surface area contributed by atoms with Gasteiger partial charge in [-0.25, -0.2) is 0 Å². The second-order valence-electron chi connectivity index (χ2n) is 8.47. The smallest absolute Gasteiger partial charge is 1.00 e. The second kappa shape index (κ2) is 33.6. The molecule has 45 heavy (non-hydrogen) atoms. The largest absolute Gasteiger partial charge is 1.00 e. The minimum Gasteiger partial charge on any atom is -1.00 e. The van der Waals surface area contributed by atoms with Crippen LogP contribution < -0.4 is 29.6 Å². The van der Waals surface area contributed by atoms with Crippen molar-refractivity contribution in [2.45, 2.75) is 45.8 Å². The van der Waals surface area contributed by atoms with Gasteiger partial charge in [-0.3, -0.25) is 24.0 Å². The summed E-state index contributed by atoms with van der Waals surface area (Å²) in [6.07, 6.45) is 0.613. The van der Waals surface area contributed by atoms with Gasteiger partial charge in [0.2, 0.25) is 0 Å². The van der Waals surface area contributed by atoms with Gasteiger partial charge in [-0.1, -0.05) is 83.5 Å². The standard InChI is InChI=1S/C10H15BrO4.C8H11BrO3.C5H8O3.C3H4Br2.C2H6O2.Na.H/c1-7(11)6-8(9(12)13-3)10(2)14-4-5-15-10;1-5(9)4-7(6(2)10)8(11)12-3;1-4(6)3-5(7)8-2;1-3(5)2-4;3-1-2-4;;/h8H,1,4-6H2,2-3H3;7H,1,4H2,2-3H3;3H2,1-2H3;1-2H2;3-4H,1-2H2;;/q;;;;;+1;-1. The number of aliphatic hydroxyl groups excluding tert-OH is 2. The van der Waals surface area contributed by atoms with E-state index in [9.17, 15) is 24.0 Å². The Morgan fingerprint density at radius 2 is 1.22 bits per heavy atom. The van der Waals surface area contributed by atoms with E-state index in [0.717, 1.165) is 14.3 Å². The van der Waals surface area contributed by atoms with Crippen LogP contribution in [0.1, 0.15) is 41.5 Å². The van der Waals surface area contributed by atoms with Crippen LogP contribution in [0.2, 0.25) is 0 Å². The SMILES string of the molecule is C=C(Br)CBr.C=C(Br)CC(C(=O)OC)C1(C)OCCO1.C=C(Br)CC(C(C)=O)C(=O)OC.COC(=O)CC(C)=O.OCCO.[H-].[Na+]. The molecule has 0 aromatic carbocycles. The summed E-state index contributed by atoms with van der Waals surface area (Å²) < 4.78 is 26.6.